The van der Waals surface area contributed by atoms with Gasteiger partial charge < -0.3 is 10.5 Å². The normalized spacial score (nSPS) is 22.4. The number of nitrogens with zero attached hydrogens (tertiary/aromatic N) is 2. The van der Waals surface area contributed by atoms with Crippen molar-refractivity contribution in [3.8, 4) is 5.88 Å². The second-order valence-corrected chi connectivity index (χ2v) is 6.04. The van der Waals surface area contributed by atoms with Crippen LogP contribution in [0.2, 0.25) is 0 Å². The van der Waals surface area contributed by atoms with Gasteiger partial charge in [0.1, 0.15) is 11.9 Å². The molecule has 2 aromatic rings. The van der Waals surface area contributed by atoms with E-state index in [4.69, 9.17) is 10.5 Å². The van der Waals surface area contributed by atoms with E-state index in [2.05, 4.69) is 47.1 Å². The first-order chi connectivity index (χ1) is 10.7. The van der Waals surface area contributed by atoms with Crippen molar-refractivity contribution in [1.29, 1.82) is 0 Å². The molecule has 1 aromatic heterocycles. The zero-order valence-electron chi connectivity index (χ0n) is 13.0. The number of aromatic nitrogens is 1. The molecule has 2 atom stereocenters. The lowest BCUT2D eigenvalue weighted by molar-refractivity contribution is 0.0462. The van der Waals surface area contributed by atoms with Crippen molar-refractivity contribution < 1.29 is 4.74 Å². The van der Waals surface area contributed by atoms with Crippen LogP contribution >= 0.6 is 0 Å². The van der Waals surface area contributed by atoms with E-state index in [0.29, 0.717) is 17.6 Å². The number of anilines is 1. The summed E-state index contributed by atoms with van der Waals surface area (Å²) in [5.41, 5.74) is 7.07. The first kappa shape index (κ1) is 14.9. The second-order valence-electron chi connectivity index (χ2n) is 6.04. The number of piperidine rings is 1. The lowest BCUT2D eigenvalue weighted by atomic mass is 9.96. The van der Waals surface area contributed by atoms with Gasteiger partial charge in [0.05, 0.1) is 0 Å². The van der Waals surface area contributed by atoms with Crippen molar-refractivity contribution in [2.75, 3.05) is 18.8 Å². The van der Waals surface area contributed by atoms with Crippen LogP contribution in [-0.2, 0) is 6.54 Å². The van der Waals surface area contributed by atoms with Crippen molar-refractivity contribution >= 4 is 5.82 Å². The molecule has 0 radical (unpaired) electrons. The summed E-state index contributed by atoms with van der Waals surface area (Å²) < 4.78 is 6.03. The summed E-state index contributed by atoms with van der Waals surface area (Å²) in [7, 11) is 0. The molecule has 1 aliphatic heterocycles. The Kier molecular flexibility index (Phi) is 4.59. The molecule has 22 heavy (non-hydrogen) atoms. The molecule has 0 bridgehead atoms. The van der Waals surface area contributed by atoms with Crippen LogP contribution in [0.15, 0.2) is 48.5 Å². The molecular weight excluding hydrogens is 274 g/mol. The van der Waals surface area contributed by atoms with Crippen molar-refractivity contribution in [3.63, 3.8) is 0 Å². The first-order valence-corrected chi connectivity index (χ1v) is 7.86. The Bertz CT molecular complexity index is 602. The number of likely N-dealkylation sites (tertiary alicyclic amines) is 1. The van der Waals surface area contributed by atoms with Gasteiger partial charge in [-0.05, 0) is 18.1 Å². The summed E-state index contributed by atoms with van der Waals surface area (Å²) in [5, 5.41) is 0. The Balaban J connectivity index is 1.56. The molecule has 0 aliphatic carbocycles. The molecule has 1 fully saturated rings. The number of ether oxygens (including phenoxy) is 1. The van der Waals surface area contributed by atoms with Gasteiger partial charge in [-0.15, -0.1) is 0 Å². The van der Waals surface area contributed by atoms with E-state index in [9.17, 15) is 0 Å². The topological polar surface area (TPSA) is 51.4 Å². The smallest absolute Gasteiger partial charge is 0.215 e. The summed E-state index contributed by atoms with van der Waals surface area (Å²) in [6, 6.07) is 16.2. The van der Waals surface area contributed by atoms with Crippen molar-refractivity contribution in [3.05, 3.63) is 54.1 Å². The average Bonchev–Trinajstić information content (AvgIpc) is 2.51. The summed E-state index contributed by atoms with van der Waals surface area (Å²) in [6.45, 7) is 5.34. The standard InChI is InChI=1S/C18H23N3O/c1-14-12-21(13-15-6-3-2-4-7-15)11-10-16(14)22-18-9-5-8-17(19)20-18/h2-9,14,16H,10-13H2,1H3,(H2,19,20). The van der Waals surface area contributed by atoms with E-state index in [1.54, 1.807) is 6.07 Å². The number of hydrogen-bond acceptors (Lipinski definition) is 4. The highest BCUT2D eigenvalue weighted by molar-refractivity contribution is 5.31. The lowest BCUT2D eigenvalue weighted by Gasteiger charge is -2.36. The maximum absolute atomic E-state index is 6.03. The third-order valence-corrected chi connectivity index (χ3v) is 4.18. The van der Waals surface area contributed by atoms with Gasteiger partial charge in [-0.2, -0.15) is 4.98 Å². The number of pyridine rings is 1. The molecular formula is C18H23N3O. The third kappa shape index (κ3) is 3.77. The van der Waals surface area contributed by atoms with Crippen molar-refractivity contribution in [1.82, 2.24) is 9.88 Å². The predicted molar refractivity (Wildman–Crippen MR) is 88.6 cm³/mol. The van der Waals surface area contributed by atoms with E-state index < -0.39 is 0 Å². The van der Waals surface area contributed by atoms with Crippen LogP contribution < -0.4 is 10.5 Å². The van der Waals surface area contributed by atoms with Crippen molar-refractivity contribution in [2.24, 2.45) is 5.92 Å². The van der Waals surface area contributed by atoms with Gasteiger partial charge in [-0.1, -0.05) is 43.3 Å². The van der Waals surface area contributed by atoms with E-state index >= 15 is 0 Å². The Morgan fingerprint density at radius 1 is 1.18 bits per heavy atom. The summed E-state index contributed by atoms with van der Waals surface area (Å²) in [5.74, 6) is 1.61. The fraction of sp³-hybridized carbons (Fsp3) is 0.389. The minimum absolute atomic E-state index is 0.210. The molecule has 2 heterocycles. The molecule has 1 aliphatic rings. The van der Waals surface area contributed by atoms with E-state index in [-0.39, 0.29) is 6.10 Å². The third-order valence-electron chi connectivity index (χ3n) is 4.18. The first-order valence-electron chi connectivity index (χ1n) is 7.86. The van der Waals surface area contributed by atoms with E-state index in [0.717, 1.165) is 26.1 Å². The number of hydrogen-bond donors (Lipinski definition) is 1. The molecule has 116 valence electrons. The van der Waals surface area contributed by atoms with Gasteiger partial charge in [0.15, 0.2) is 0 Å². The molecule has 0 amide bonds. The summed E-state index contributed by atoms with van der Waals surface area (Å²) in [6.07, 6.45) is 1.23. The largest absolute Gasteiger partial charge is 0.474 e. The van der Waals surface area contributed by atoms with Crippen LogP contribution in [0, 0.1) is 5.92 Å². The molecule has 4 heteroatoms. The maximum atomic E-state index is 6.03. The van der Waals surface area contributed by atoms with Gasteiger partial charge >= 0.3 is 0 Å². The zero-order chi connectivity index (χ0) is 15.4. The highest BCUT2D eigenvalue weighted by atomic mass is 16.5. The molecule has 2 N–H and O–H groups in total. The quantitative estimate of drug-likeness (QED) is 0.942. The van der Waals surface area contributed by atoms with Crippen LogP contribution in [0.3, 0.4) is 0 Å². The molecule has 0 saturated carbocycles. The molecule has 2 unspecified atom stereocenters. The molecule has 4 nitrogen and oxygen atoms in total. The molecule has 1 aromatic carbocycles. The Morgan fingerprint density at radius 3 is 2.73 bits per heavy atom. The van der Waals surface area contributed by atoms with Crippen LogP contribution in [-0.4, -0.2) is 29.1 Å². The fourth-order valence-electron chi connectivity index (χ4n) is 3.02. The zero-order valence-corrected chi connectivity index (χ0v) is 13.0. The van der Waals surface area contributed by atoms with E-state index in [1.165, 1.54) is 5.56 Å². The number of nitrogens with two attached hydrogens (primary N) is 1. The summed E-state index contributed by atoms with van der Waals surface area (Å²) >= 11 is 0. The number of nitrogen functional groups attached to an aromatic ring is 1. The second kappa shape index (κ2) is 6.79. The van der Waals surface area contributed by atoms with Crippen LogP contribution in [0.5, 0.6) is 5.88 Å². The average molecular weight is 297 g/mol. The minimum atomic E-state index is 0.210. The number of benzene rings is 1. The maximum Gasteiger partial charge on any atom is 0.215 e. The lowest BCUT2D eigenvalue weighted by Crippen LogP contribution is -2.44. The molecule has 0 spiro atoms. The van der Waals surface area contributed by atoms with Gasteiger partial charge in [0, 0.05) is 31.6 Å². The van der Waals surface area contributed by atoms with Gasteiger partial charge in [-0.3, -0.25) is 4.90 Å². The number of rotatable bonds is 4. The Morgan fingerprint density at radius 2 is 2.00 bits per heavy atom. The SMILES string of the molecule is CC1CN(Cc2ccccc2)CCC1Oc1cccc(N)n1. The Labute approximate surface area is 131 Å². The Hall–Kier alpha value is -2.07. The minimum Gasteiger partial charge on any atom is -0.474 e. The van der Waals surface area contributed by atoms with Crippen molar-refractivity contribution in [2.45, 2.75) is 26.0 Å². The fourth-order valence-corrected chi connectivity index (χ4v) is 3.02. The van der Waals surface area contributed by atoms with Crippen LogP contribution in [0.1, 0.15) is 18.9 Å². The van der Waals surface area contributed by atoms with Gasteiger partial charge in [-0.25, -0.2) is 0 Å². The summed E-state index contributed by atoms with van der Waals surface area (Å²) in [4.78, 5) is 6.72. The van der Waals surface area contributed by atoms with E-state index in [1.807, 2.05) is 12.1 Å². The van der Waals surface area contributed by atoms with Gasteiger partial charge in [0.25, 0.3) is 0 Å². The molecule has 3 rings (SSSR count). The molecule has 1 saturated heterocycles. The van der Waals surface area contributed by atoms with Gasteiger partial charge in [0.2, 0.25) is 5.88 Å². The monoisotopic (exact) mass is 297 g/mol. The van der Waals surface area contributed by atoms with Crippen LogP contribution in [0.25, 0.3) is 0 Å². The highest BCUT2D eigenvalue weighted by Gasteiger charge is 2.27. The predicted octanol–water partition coefficient (Wildman–Crippen LogP) is 2.95. The highest BCUT2D eigenvalue weighted by Crippen LogP contribution is 2.23. The van der Waals surface area contributed by atoms with Crippen LogP contribution in [0.4, 0.5) is 5.82 Å².